The van der Waals surface area contributed by atoms with Crippen LogP contribution in [0.25, 0.3) is 22.5 Å². The Hall–Kier alpha value is -5.86. The van der Waals surface area contributed by atoms with Crippen LogP contribution in [0.4, 0.5) is 0 Å². The molecule has 69 heavy (non-hydrogen) atoms. The molecule has 0 aliphatic rings. The van der Waals surface area contributed by atoms with Crippen LogP contribution in [-0.2, 0) is 21.8 Å². The molecule has 0 bridgehead atoms. The molecule has 2 aromatic heterocycles. The predicted octanol–water partition coefficient (Wildman–Crippen LogP) is 16.1. The monoisotopic (exact) mass is 1020 g/mol. The number of rotatable bonds is 14. The van der Waals surface area contributed by atoms with E-state index in [0.717, 1.165) is 16.0 Å². The topological polar surface area (TPSA) is 12.6 Å². The first-order chi connectivity index (χ1) is 33.4. The molecule has 0 aliphatic carbocycles. The Balaban J connectivity index is 1.54. The van der Waals surface area contributed by atoms with Gasteiger partial charge in [0.15, 0.2) is 0 Å². The molecule has 7 aromatic carbocycles. The first-order valence-electron chi connectivity index (χ1n) is 24.5. The number of fused-ring (bicyclic) bond motifs is 1. The Bertz CT molecular complexity index is 3060. The average Bonchev–Trinajstić information content (AvgIpc) is 3.74. The molecule has 9 rings (SSSR count). The number of imidazole rings is 1. The molecule has 0 spiro atoms. The summed E-state index contributed by atoms with van der Waals surface area (Å²) in [5, 5.41) is 0. The predicted molar refractivity (Wildman–Crippen MR) is 289 cm³/mol. The van der Waals surface area contributed by atoms with Crippen LogP contribution in [0.2, 0.25) is 0 Å². The van der Waals surface area contributed by atoms with Gasteiger partial charge in [-0.3, -0.25) is 0 Å². The number of benzene rings is 7. The standard InChI is InChI=1S/C55H54N2.C9H12N.ClH.Pd/c1-37(2)45-33-47(38(3)4)54(48(34-45)39(5)6)51-30-20-29-46-35-56(36-57(46)51)55-49(52(41-21-12-8-13-22-41)42-23-14-9-15-24-42)31-40(7)32-50(55)53(43-25-16-10-17-26-43)44-27-18-11-19-28-44;1-10(2)8-9-6-4-3-5-7-9;;/h8-35,37-39,52-53H,1-7H3;3-6H,8H2,1-2H3;1H;/q;;;-1/p-1. The molecule has 0 saturated carbocycles. The van der Waals surface area contributed by atoms with E-state index >= 15 is 0 Å². The number of aromatic nitrogens is 2. The van der Waals surface area contributed by atoms with Gasteiger partial charge in [0.1, 0.15) is 0 Å². The Morgan fingerprint density at radius 3 is 1.38 bits per heavy atom. The van der Waals surface area contributed by atoms with Crippen molar-refractivity contribution in [2.45, 2.75) is 84.6 Å². The van der Waals surface area contributed by atoms with E-state index in [4.69, 9.17) is 9.53 Å². The Kier molecular flexibility index (Phi) is 14.7. The van der Waals surface area contributed by atoms with Crippen LogP contribution < -0.4 is 4.04 Å². The minimum atomic E-state index is -2.29. The molecule has 0 saturated heterocycles. The van der Waals surface area contributed by atoms with Gasteiger partial charge in [0, 0.05) is 0 Å². The molecule has 0 unspecified atom stereocenters. The van der Waals surface area contributed by atoms with Crippen molar-refractivity contribution in [3.05, 3.63) is 259 Å². The van der Waals surface area contributed by atoms with Crippen molar-refractivity contribution in [1.29, 1.82) is 0 Å². The third-order valence-corrected chi connectivity index (χ3v) is 17.6. The van der Waals surface area contributed by atoms with Gasteiger partial charge in [0.2, 0.25) is 0 Å². The molecular weight excluding hydrogens is 953 g/mol. The van der Waals surface area contributed by atoms with Gasteiger partial charge in [-0.25, -0.2) is 0 Å². The van der Waals surface area contributed by atoms with E-state index in [0.29, 0.717) is 17.8 Å². The van der Waals surface area contributed by atoms with Gasteiger partial charge in [-0.2, -0.15) is 0 Å². The zero-order chi connectivity index (χ0) is 48.3. The van der Waals surface area contributed by atoms with E-state index in [2.05, 4.69) is 271 Å². The normalized spacial score (nSPS) is 12.9. The molecule has 0 radical (unpaired) electrons. The number of hydrogen-bond acceptors (Lipinski definition) is 1. The van der Waals surface area contributed by atoms with Crippen LogP contribution >= 0.6 is 9.53 Å². The molecule has 0 fully saturated rings. The molecule has 5 heteroatoms. The quantitative estimate of drug-likeness (QED) is 0.0781. The second kappa shape index (κ2) is 21.0. The van der Waals surface area contributed by atoms with Crippen molar-refractivity contribution in [2.24, 2.45) is 0 Å². The van der Waals surface area contributed by atoms with Crippen molar-refractivity contribution < 1.29 is 15.3 Å². The minimum absolute atomic E-state index is 0.0893. The Morgan fingerprint density at radius 1 is 0.493 bits per heavy atom. The van der Waals surface area contributed by atoms with E-state index in [1.807, 2.05) is 0 Å². The Labute approximate surface area is 420 Å². The van der Waals surface area contributed by atoms with Gasteiger partial charge in [0.05, 0.1) is 0 Å². The second-order valence-electron chi connectivity index (χ2n) is 19.7. The first kappa shape index (κ1) is 48.2. The van der Waals surface area contributed by atoms with Crippen molar-refractivity contribution in [3.63, 3.8) is 0 Å². The fourth-order valence-corrected chi connectivity index (χ4v) is 14.3. The maximum atomic E-state index is 8.55. The molecular formula is C64H66ClN3Pd-2. The summed E-state index contributed by atoms with van der Waals surface area (Å²) in [6, 6.07) is 70.0. The van der Waals surface area contributed by atoms with E-state index in [1.54, 1.807) is 0 Å². The molecule has 0 amide bonds. The van der Waals surface area contributed by atoms with Crippen molar-refractivity contribution >= 4 is 19.1 Å². The SMILES string of the molecule is Cc1cc(C(c2ccccc2)c2ccccc2)c(-n2cc3cccc(-c4c(C(C)C)cc(C(C)C)cc4C(C)C)n3[c]2=[Pd-2]([Cl])[c]2ccccc2CN(C)C)c(C(c2ccccc2)c2ccccc2)c1. The van der Waals surface area contributed by atoms with Crippen molar-refractivity contribution in [3.8, 4) is 16.9 Å². The number of hydrogen-bond donors (Lipinski definition) is 0. The summed E-state index contributed by atoms with van der Waals surface area (Å²) in [6.07, 6.45) is 2.41. The number of pyridine rings is 1. The fraction of sp³-hybridized carbons (Fsp3) is 0.234. The molecule has 356 valence electrons. The summed E-state index contributed by atoms with van der Waals surface area (Å²) in [5.41, 5.74) is 18.8. The van der Waals surface area contributed by atoms with E-state index in [9.17, 15) is 0 Å². The second-order valence-corrected chi connectivity index (χ2v) is 23.7. The molecule has 0 N–H and O–H groups in total. The number of aryl methyl sites for hydroxylation is 1. The van der Waals surface area contributed by atoms with Crippen LogP contribution in [0, 0.1) is 10.8 Å². The zero-order valence-electron chi connectivity index (χ0n) is 41.6. The van der Waals surface area contributed by atoms with E-state index < -0.39 is 15.3 Å². The molecule has 0 aliphatic heterocycles. The summed E-state index contributed by atoms with van der Waals surface area (Å²) in [6.45, 7) is 17.1. The average molecular weight is 1020 g/mol. The van der Waals surface area contributed by atoms with Crippen LogP contribution in [0.3, 0.4) is 0 Å². The summed E-state index contributed by atoms with van der Waals surface area (Å²) in [4.78, 5) is 2.26. The summed E-state index contributed by atoms with van der Waals surface area (Å²) >= 11 is -2.29. The van der Waals surface area contributed by atoms with Crippen molar-refractivity contribution in [1.82, 2.24) is 13.9 Å². The molecule has 3 nitrogen and oxygen atoms in total. The van der Waals surface area contributed by atoms with Crippen molar-refractivity contribution in [2.75, 3.05) is 14.1 Å². The van der Waals surface area contributed by atoms with Gasteiger partial charge >= 0.3 is 423 Å². The van der Waals surface area contributed by atoms with E-state index in [1.165, 1.54) is 82.2 Å². The third-order valence-electron chi connectivity index (χ3n) is 13.4. The summed E-state index contributed by atoms with van der Waals surface area (Å²) in [5.74, 6) is 0.821. The van der Waals surface area contributed by atoms with Gasteiger partial charge in [-0.15, -0.1) is 0 Å². The summed E-state index contributed by atoms with van der Waals surface area (Å²) in [7, 11) is 12.8. The van der Waals surface area contributed by atoms with Crippen LogP contribution in [0.1, 0.15) is 132 Å². The summed E-state index contributed by atoms with van der Waals surface area (Å²) < 4.78 is 7.46. The van der Waals surface area contributed by atoms with Crippen LogP contribution in [0.5, 0.6) is 0 Å². The number of nitrogens with zero attached hydrogens (tertiary/aromatic N) is 3. The third kappa shape index (κ3) is 9.84. The van der Waals surface area contributed by atoms with E-state index in [-0.39, 0.29) is 11.8 Å². The zero-order valence-corrected chi connectivity index (χ0v) is 43.9. The van der Waals surface area contributed by atoms with Gasteiger partial charge in [-0.05, 0) is 0 Å². The molecule has 2 heterocycles. The first-order valence-corrected chi connectivity index (χ1v) is 28.1. The fourth-order valence-electron chi connectivity index (χ4n) is 10.2. The van der Waals surface area contributed by atoms with Crippen LogP contribution in [0.15, 0.2) is 194 Å². The van der Waals surface area contributed by atoms with Gasteiger partial charge < -0.3 is 0 Å². The number of halogens is 1. The molecule has 9 aromatic rings. The molecule has 0 atom stereocenters. The Morgan fingerprint density at radius 2 is 0.942 bits per heavy atom. The van der Waals surface area contributed by atoms with Crippen LogP contribution in [-0.4, -0.2) is 28.0 Å². The van der Waals surface area contributed by atoms with Gasteiger partial charge in [0.25, 0.3) is 0 Å². The maximum absolute atomic E-state index is 8.55. The van der Waals surface area contributed by atoms with Gasteiger partial charge in [-0.1, -0.05) is 0 Å².